The van der Waals surface area contributed by atoms with Crippen LogP contribution in [0.3, 0.4) is 0 Å². The molecule has 0 saturated carbocycles. The number of aryl methyl sites for hydroxylation is 2. The van der Waals surface area contributed by atoms with E-state index in [4.69, 9.17) is 57.7 Å². The van der Waals surface area contributed by atoms with E-state index in [1.807, 2.05) is 33.9 Å². The van der Waals surface area contributed by atoms with Crippen molar-refractivity contribution >= 4 is 154 Å². The Kier molecular flexibility index (Phi) is 30.3. The van der Waals surface area contributed by atoms with Gasteiger partial charge in [-0.15, -0.1) is 11.8 Å². The lowest BCUT2D eigenvalue weighted by atomic mass is 10.1. The highest BCUT2D eigenvalue weighted by Crippen LogP contribution is 2.65. The van der Waals surface area contributed by atoms with E-state index in [1.54, 1.807) is 60.7 Å². The van der Waals surface area contributed by atoms with E-state index >= 15 is 17.6 Å². The van der Waals surface area contributed by atoms with Gasteiger partial charge in [-0.3, -0.25) is 61.3 Å². The number of benzene rings is 3. The molecule has 3 N–H and O–H groups in total. The number of aromatic nitrogens is 16. The zero-order valence-corrected chi connectivity index (χ0v) is 80.3. The molecule has 132 heavy (non-hydrogen) atoms. The fourth-order valence-electron chi connectivity index (χ4n) is 15.1. The van der Waals surface area contributed by atoms with E-state index in [-0.39, 0.29) is 126 Å². The molecular formula is C83H97F4N19O18P2S4Si2. The van der Waals surface area contributed by atoms with Gasteiger partial charge in [-0.2, -0.15) is 27.0 Å². The number of amides is 2. The quantitative estimate of drug-likeness (QED) is 0.0255. The molecule has 4 saturated heterocycles. The van der Waals surface area contributed by atoms with Crippen LogP contribution < -0.4 is 9.80 Å². The number of nitro benzene ring substituents is 1. The van der Waals surface area contributed by atoms with Crippen LogP contribution in [0.15, 0.2) is 136 Å². The molecule has 4 fully saturated rings. The van der Waals surface area contributed by atoms with Gasteiger partial charge >= 0.3 is 13.5 Å². The maximum atomic E-state index is 17.3. The summed E-state index contributed by atoms with van der Waals surface area (Å²) in [6.07, 6.45) is -13.7. The summed E-state index contributed by atoms with van der Waals surface area (Å²) >= 11 is 6.07. The van der Waals surface area contributed by atoms with Gasteiger partial charge in [0.2, 0.25) is 0 Å². The molecule has 11 aromatic rings. The third-order valence-electron chi connectivity index (χ3n) is 24.2. The summed E-state index contributed by atoms with van der Waals surface area (Å²) in [5.41, 5.74) is 3.27. The number of ether oxygens (including phenoxy) is 4. The summed E-state index contributed by atoms with van der Waals surface area (Å²) in [6.45, 7) is 9.01. The first-order valence-corrected chi connectivity index (χ1v) is 53.1. The molecule has 24 bridgehead atoms. The number of fused-ring (bicyclic) bond motifs is 12. The second kappa shape index (κ2) is 40.4. The van der Waals surface area contributed by atoms with Crippen molar-refractivity contribution < 1.29 is 97.6 Å². The number of rotatable bonds is 12. The number of halogens is 4. The second-order valence-electron chi connectivity index (χ2n) is 34.5. The molecule has 14 heterocycles. The minimum absolute atomic E-state index is 0. The zero-order chi connectivity index (χ0) is 92.1. The number of para-hydroxylation sites is 1. The number of alkyl halides is 4. The Labute approximate surface area is 779 Å². The molecule has 0 radical (unpaired) electrons. The molecule has 3 aromatic carbocycles. The fourth-order valence-corrected chi connectivity index (χ4v) is 22.3. The van der Waals surface area contributed by atoms with Crippen LogP contribution in [0.1, 0.15) is 117 Å². The van der Waals surface area contributed by atoms with Gasteiger partial charge in [0.15, 0.2) is 111 Å². The Morgan fingerprint density at radius 1 is 0.568 bits per heavy atom. The van der Waals surface area contributed by atoms with E-state index in [0.29, 0.717) is 63.4 Å². The van der Waals surface area contributed by atoms with Crippen molar-refractivity contribution in [2.24, 2.45) is 0 Å². The number of nitrogens with zero attached hydrogens (tertiary/aromatic N) is 19. The Balaban J connectivity index is 0.000000210. The normalized spacial score (nSPS) is 27.4. The summed E-state index contributed by atoms with van der Waals surface area (Å²) < 4.78 is 149. The molecule has 0 spiro atoms. The van der Waals surface area contributed by atoms with Crippen molar-refractivity contribution in [1.82, 2.24) is 78.1 Å². The first kappa shape index (κ1) is 98.9. The maximum Gasteiger partial charge on any atom is 0.390 e. The zero-order valence-electron chi connectivity index (χ0n) is 72.9. The van der Waals surface area contributed by atoms with Crippen LogP contribution in [-0.2, 0) is 80.9 Å². The standard InChI is InChI=1S/C44H58F2N9O8PSSi2.C39H35F2N10O10PS.2H2S/c1-43(2,3)66(7,8)59-22-30-35-31(45)41(61-30)54-25-51-33-28(47-23-48-37(33)54)19-15-12-16-20-53(40(56)27-17-13-11-14-18-27)38-34-39(50-24-49-38)55(26-52-34)42-32(46)36(63-67(9,10)44(4,5)6)29(60-42)21-58-64(57,65)62-35;40-28-32(53)27-16-58-62(57,63-17-23-11-6-7-13-25(23)51(55)56)61-33-26(15-52)59-39(29(33)41)49-20-46-30-24(42-18-43-34(30)49)12-5-2-8-14-48(37(54)22-9-3-1-4-10-22)35-31-36(45-19-44-35)50(21-47-31)38(28)60-27;;/h11,13-14,17-18,23-26,29-32,35-36,41-42H,15,19-22H2,1-10H3,(H,57,65);1,3-4,6-7,9-11,13,18-21,26-29,32-33,38-39,52-53H,5,12,14-17H2;2*1H2/t29-,30-,31-,32-,35?,36-,41-,42-,64?;26-,27-,28-,29-,32?,33?,38-,39-,62+;;/m11../s1. The average molecular weight is 1970 g/mol. The van der Waals surface area contributed by atoms with Crippen LogP contribution in [0.5, 0.6) is 0 Å². The van der Waals surface area contributed by atoms with E-state index < -0.39 is 165 Å². The minimum atomic E-state index is -4.70. The summed E-state index contributed by atoms with van der Waals surface area (Å²) in [5, 5.41) is 32.8. The number of aliphatic hydroxyl groups excluding tert-OH is 2. The van der Waals surface area contributed by atoms with Crippen molar-refractivity contribution in [1.29, 1.82) is 0 Å². The van der Waals surface area contributed by atoms with Gasteiger partial charge in [0.1, 0.15) is 85.2 Å². The predicted molar refractivity (Wildman–Crippen MR) is 494 cm³/mol. The molecule has 18 atom stereocenters. The molecule has 2 amide bonds. The first-order valence-electron chi connectivity index (χ1n) is 41.6. The van der Waals surface area contributed by atoms with Crippen molar-refractivity contribution in [3.8, 4) is 23.7 Å². The van der Waals surface area contributed by atoms with Crippen LogP contribution in [0, 0.1) is 33.8 Å². The lowest BCUT2D eigenvalue weighted by molar-refractivity contribution is -0.385. The lowest BCUT2D eigenvalue weighted by Gasteiger charge is -2.39. The molecular weight excluding hydrogens is 1870 g/mol. The highest BCUT2D eigenvalue weighted by Gasteiger charge is 2.57. The van der Waals surface area contributed by atoms with Crippen LogP contribution >= 0.6 is 51.9 Å². The first-order chi connectivity index (χ1) is 62.0. The maximum absolute atomic E-state index is 17.3. The number of hydrogen-bond donors (Lipinski definition) is 3. The Bertz CT molecular complexity index is 6280. The highest BCUT2D eigenvalue weighted by molar-refractivity contribution is 8.54. The fraction of sp³-hybridized carbons (Fsp3) is 0.470. The molecule has 49 heteroatoms. The molecule has 0 aliphatic carbocycles. The molecule has 17 rings (SSSR count). The Morgan fingerprint density at radius 2 is 1.00 bits per heavy atom. The molecule has 6 aliphatic rings. The summed E-state index contributed by atoms with van der Waals surface area (Å²) in [6, 6.07) is 22.8. The predicted octanol–water partition coefficient (Wildman–Crippen LogP) is 12.4. The van der Waals surface area contributed by atoms with E-state index in [9.17, 15) is 39.4 Å². The van der Waals surface area contributed by atoms with Gasteiger partial charge in [0.25, 0.3) is 17.5 Å². The molecule has 8 aromatic heterocycles. The van der Waals surface area contributed by atoms with Gasteiger partial charge in [0.05, 0.1) is 81.1 Å². The van der Waals surface area contributed by atoms with Gasteiger partial charge in [0, 0.05) is 54.2 Å². The number of hydrogen-bond acceptors (Lipinski definition) is 31. The SMILES string of the molecule is CC(C)(C)[Si](C)(C)OC[C@H]1O[C@@H]2[C@H](F)C1OP(O)(=S)OC[C@H]1O[C@H]([C@H](F)[C@@H]1O[Si](C)(C)C(C)(C)C)n1cnc3c(ncnc31)N(C(=O)c1ccccc1)CC#CCCc1ncnc3c1ncn32.O=C(c1ccccc1)N1CC#CCCc2ncnc3c2ncn3[C@@H]2O[C@H](CO)C(O[P@@](=O)(SCc3ccccc3[N+](=O)[O-])OC[C@H]3O[C@H]([C@H](F)C3O)n3cnc4c1ncnc43)[C@H]2F.S.S. The van der Waals surface area contributed by atoms with E-state index in [1.165, 1.54) is 96.6 Å². The Hall–Kier alpha value is -9.12. The third kappa shape index (κ3) is 20.3. The molecule has 37 nitrogen and oxygen atoms in total. The number of imidazole rings is 4. The lowest BCUT2D eigenvalue weighted by Crippen LogP contribution is -2.49. The largest absolute Gasteiger partial charge is 0.414 e. The summed E-state index contributed by atoms with van der Waals surface area (Å²) in [5.74, 6) is 11.4. The molecule has 6 aliphatic heterocycles. The van der Waals surface area contributed by atoms with E-state index in [2.05, 4.69) is 117 Å². The molecule has 702 valence electrons. The minimum Gasteiger partial charge on any atom is -0.414 e. The van der Waals surface area contributed by atoms with Gasteiger partial charge in [-0.1, -0.05) is 108 Å². The molecule has 4 unspecified atom stereocenters. The van der Waals surface area contributed by atoms with Crippen molar-refractivity contribution in [3.05, 3.63) is 174 Å². The number of carbonyl (C=O) groups is 2. The Morgan fingerprint density at radius 3 is 1.49 bits per heavy atom. The van der Waals surface area contributed by atoms with Crippen LogP contribution in [-0.4, -0.2) is 240 Å². The number of anilines is 2. The van der Waals surface area contributed by atoms with Crippen LogP contribution in [0.2, 0.25) is 36.3 Å². The van der Waals surface area contributed by atoms with Gasteiger partial charge in [-0.05, 0) is 83.7 Å². The average Bonchev–Trinajstić information content (AvgIpc) is 1.57. The number of nitro groups is 1. The van der Waals surface area contributed by atoms with Crippen molar-refractivity contribution in [2.75, 3.05) is 49.3 Å². The third-order valence-corrected chi connectivity index (χ3v) is 38.4. The van der Waals surface area contributed by atoms with Crippen LogP contribution in [0.4, 0.5) is 34.9 Å². The van der Waals surface area contributed by atoms with Gasteiger partial charge in [-0.25, -0.2) is 81.9 Å². The monoisotopic (exact) mass is 1970 g/mol. The van der Waals surface area contributed by atoms with Crippen molar-refractivity contribution in [2.45, 2.75) is 208 Å². The second-order valence-corrected chi connectivity index (χ2v) is 50.9. The smallest absolute Gasteiger partial charge is 0.390 e. The van der Waals surface area contributed by atoms with Gasteiger partial charge < -0.3 is 47.4 Å². The van der Waals surface area contributed by atoms with Crippen molar-refractivity contribution in [3.63, 3.8) is 0 Å². The summed E-state index contributed by atoms with van der Waals surface area (Å²) in [7, 11) is -5.11. The highest BCUT2D eigenvalue weighted by atomic mass is 32.7. The summed E-state index contributed by atoms with van der Waals surface area (Å²) in [4.78, 5) is 107. The number of aliphatic hydroxyl groups is 2. The number of carbonyl (C=O) groups excluding carboxylic acids is 2. The topological polar surface area (TPSA) is 428 Å². The van der Waals surface area contributed by atoms with E-state index in [0.717, 1.165) is 6.33 Å². The van der Waals surface area contributed by atoms with Crippen LogP contribution in [0.25, 0.3) is 44.7 Å².